The highest BCUT2D eigenvalue weighted by atomic mass is 19.4. The molecule has 0 bridgehead atoms. The van der Waals surface area contributed by atoms with E-state index in [1.54, 1.807) is 30.3 Å². The van der Waals surface area contributed by atoms with Crippen molar-refractivity contribution in [1.29, 1.82) is 5.26 Å². The standard InChI is InChI=1S/C26H25F3N4O2/c1-32(2)13-14-33(22-10-7-19(8-11-22)20-6-4-5-18(15-20)17-30)25(34)31-21-9-12-24(35-3)23(16-21)26(27,28)29/h4-12,15-16H,13-14H2,1-3H3,(H,31,34). The van der Waals surface area contributed by atoms with Gasteiger partial charge < -0.3 is 15.0 Å². The summed E-state index contributed by atoms with van der Waals surface area (Å²) in [6.45, 7) is 0.847. The Kier molecular flexibility index (Phi) is 7.99. The Balaban J connectivity index is 1.87. The Morgan fingerprint density at radius 2 is 1.71 bits per heavy atom. The minimum atomic E-state index is -4.63. The Bertz CT molecular complexity index is 1220. The van der Waals surface area contributed by atoms with Crippen molar-refractivity contribution in [1.82, 2.24) is 4.90 Å². The lowest BCUT2D eigenvalue weighted by Crippen LogP contribution is -2.39. The highest BCUT2D eigenvalue weighted by molar-refractivity contribution is 6.02. The number of rotatable bonds is 7. The third-order valence-corrected chi connectivity index (χ3v) is 5.28. The molecule has 3 aromatic rings. The molecule has 182 valence electrons. The van der Waals surface area contributed by atoms with Gasteiger partial charge in [-0.15, -0.1) is 0 Å². The molecule has 0 spiro atoms. The molecule has 0 heterocycles. The molecule has 3 aromatic carbocycles. The largest absolute Gasteiger partial charge is 0.496 e. The van der Waals surface area contributed by atoms with E-state index in [1.165, 1.54) is 17.0 Å². The van der Waals surface area contributed by atoms with E-state index >= 15 is 0 Å². The number of amides is 2. The quantitative estimate of drug-likeness (QED) is 0.459. The fraction of sp³-hybridized carbons (Fsp3) is 0.231. The number of ether oxygens (including phenoxy) is 1. The molecule has 9 heteroatoms. The number of benzene rings is 3. The van der Waals surface area contributed by atoms with Gasteiger partial charge in [0.25, 0.3) is 0 Å². The van der Waals surface area contributed by atoms with Gasteiger partial charge in [-0.05, 0) is 67.7 Å². The summed E-state index contributed by atoms with van der Waals surface area (Å²) in [5.74, 6) is -0.323. The average molecular weight is 483 g/mol. The monoisotopic (exact) mass is 482 g/mol. The molecule has 0 aliphatic rings. The maximum atomic E-state index is 13.4. The fourth-order valence-electron chi connectivity index (χ4n) is 3.45. The van der Waals surface area contributed by atoms with Crippen LogP contribution in [0.1, 0.15) is 11.1 Å². The van der Waals surface area contributed by atoms with Crippen molar-refractivity contribution in [3.8, 4) is 22.9 Å². The number of hydrogen-bond acceptors (Lipinski definition) is 4. The molecule has 2 amide bonds. The number of hydrogen-bond donors (Lipinski definition) is 1. The van der Waals surface area contributed by atoms with E-state index < -0.39 is 17.8 Å². The van der Waals surface area contributed by atoms with Gasteiger partial charge in [0.2, 0.25) is 0 Å². The van der Waals surface area contributed by atoms with Gasteiger partial charge in [-0.25, -0.2) is 4.79 Å². The number of likely N-dealkylation sites (N-methyl/N-ethyl adjacent to an activating group) is 1. The average Bonchev–Trinajstić information content (AvgIpc) is 2.84. The van der Waals surface area contributed by atoms with E-state index in [2.05, 4.69) is 11.4 Å². The molecule has 0 fully saturated rings. The van der Waals surface area contributed by atoms with Gasteiger partial charge >= 0.3 is 12.2 Å². The first kappa shape index (κ1) is 25.6. The second kappa shape index (κ2) is 10.9. The van der Waals surface area contributed by atoms with Crippen LogP contribution < -0.4 is 15.0 Å². The van der Waals surface area contributed by atoms with Crippen molar-refractivity contribution < 1.29 is 22.7 Å². The van der Waals surface area contributed by atoms with Gasteiger partial charge in [-0.1, -0.05) is 24.3 Å². The summed E-state index contributed by atoms with van der Waals surface area (Å²) >= 11 is 0. The van der Waals surface area contributed by atoms with Gasteiger partial charge in [0, 0.05) is 24.5 Å². The first-order valence-corrected chi connectivity index (χ1v) is 10.7. The molecule has 6 nitrogen and oxygen atoms in total. The molecule has 0 atom stereocenters. The van der Waals surface area contributed by atoms with Crippen LogP contribution in [0.2, 0.25) is 0 Å². The van der Waals surface area contributed by atoms with Crippen LogP contribution in [0.25, 0.3) is 11.1 Å². The predicted octanol–water partition coefficient (Wildman–Crippen LogP) is 5.85. The number of halogens is 3. The zero-order valence-corrected chi connectivity index (χ0v) is 19.6. The zero-order valence-electron chi connectivity index (χ0n) is 19.6. The number of alkyl halides is 3. The predicted molar refractivity (Wildman–Crippen MR) is 130 cm³/mol. The summed E-state index contributed by atoms with van der Waals surface area (Å²) in [7, 11) is 4.88. The lowest BCUT2D eigenvalue weighted by molar-refractivity contribution is -0.138. The van der Waals surface area contributed by atoms with Crippen molar-refractivity contribution in [2.24, 2.45) is 0 Å². The summed E-state index contributed by atoms with van der Waals surface area (Å²) in [5.41, 5.74) is 1.87. The molecule has 0 unspecified atom stereocenters. The van der Waals surface area contributed by atoms with Crippen LogP contribution in [0.3, 0.4) is 0 Å². The molecular weight excluding hydrogens is 457 g/mol. The first-order valence-electron chi connectivity index (χ1n) is 10.7. The highest BCUT2D eigenvalue weighted by Crippen LogP contribution is 2.37. The second-order valence-electron chi connectivity index (χ2n) is 8.04. The SMILES string of the molecule is COc1ccc(NC(=O)N(CCN(C)C)c2ccc(-c3cccc(C#N)c3)cc2)cc1C(F)(F)F. The number of nitrogens with one attached hydrogen (secondary N) is 1. The van der Waals surface area contributed by atoms with Crippen LogP contribution in [-0.2, 0) is 6.18 Å². The lowest BCUT2D eigenvalue weighted by atomic mass is 10.0. The minimum absolute atomic E-state index is 0.00270. The number of anilines is 2. The number of carbonyl (C=O) groups excluding carboxylic acids is 1. The van der Waals surface area contributed by atoms with E-state index in [1.807, 2.05) is 37.2 Å². The Labute approximate surface area is 202 Å². The summed E-state index contributed by atoms with van der Waals surface area (Å²) < 4.78 is 45.0. The normalized spacial score (nSPS) is 11.1. The summed E-state index contributed by atoms with van der Waals surface area (Å²) in [6, 6.07) is 19.3. The molecule has 0 saturated carbocycles. The Hall–Kier alpha value is -4.03. The van der Waals surface area contributed by atoms with E-state index in [-0.39, 0.29) is 11.4 Å². The molecule has 0 saturated heterocycles. The summed E-state index contributed by atoms with van der Waals surface area (Å²) in [4.78, 5) is 16.5. The summed E-state index contributed by atoms with van der Waals surface area (Å²) in [5, 5.41) is 11.7. The molecule has 35 heavy (non-hydrogen) atoms. The fourth-order valence-corrected chi connectivity index (χ4v) is 3.45. The van der Waals surface area contributed by atoms with Crippen molar-refractivity contribution in [2.45, 2.75) is 6.18 Å². The number of urea groups is 1. The van der Waals surface area contributed by atoms with Crippen LogP contribution in [-0.4, -0.2) is 45.2 Å². The number of carbonyl (C=O) groups is 1. The maximum Gasteiger partial charge on any atom is 0.420 e. The maximum absolute atomic E-state index is 13.4. The third kappa shape index (κ3) is 6.52. The van der Waals surface area contributed by atoms with Crippen molar-refractivity contribution in [3.05, 3.63) is 77.9 Å². The number of nitriles is 1. The Morgan fingerprint density at radius 3 is 2.31 bits per heavy atom. The number of methoxy groups -OCH3 is 1. The molecular formula is C26H25F3N4O2. The Morgan fingerprint density at radius 1 is 1.00 bits per heavy atom. The molecule has 3 rings (SSSR count). The molecule has 0 aromatic heterocycles. The third-order valence-electron chi connectivity index (χ3n) is 5.28. The van der Waals surface area contributed by atoms with Crippen LogP contribution in [0.4, 0.5) is 29.3 Å². The van der Waals surface area contributed by atoms with Crippen LogP contribution in [0.5, 0.6) is 5.75 Å². The van der Waals surface area contributed by atoms with E-state index in [4.69, 9.17) is 10.00 Å². The molecule has 0 radical (unpaired) electrons. The highest BCUT2D eigenvalue weighted by Gasteiger charge is 2.34. The van der Waals surface area contributed by atoms with Crippen molar-refractivity contribution >= 4 is 17.4 Å². The topological polar surface area (TPSA) is 68.6 Å². The van der Waals surface area contributed by atoms with Crippen LogP contribution >= 0.6 is 0 Å². The zero-order chi connectivity index (χ0) is 25.6. The molecule has 0 aliphatic carbocycles. The number of nitrogens with zero attached hydrogens (tertiary/aromatic N) is 3. The van der Waals surface area contributed by atoms with Gasteiger partial charge in [-0.3, -0.25) is 4.90 Å². The minimum Gasteiger partial charge on any atom is -0.496 e. The van der Waals surface area contributed by atoms with Gasteiger partial charge in [0.1, 0.15) is 5.75 Å². The lowest BCUT2D eigenvalue weighted by Gasteiger charge is -2.25. The molecule has 0 aliphatic heterocycles. The summed E-state index contributed by atoms with van der Waals surface area (Å²) in [6.07, 6.45) is -4.63. The van der Waals surface area contributed by atoms with Gasteiger partial charge in [0.15, 0.2) is 0 Å². The van der Waals surface area contributed by atoms with E-state index in [9.17, 15) is 18.0 Å². The second-order valence-corrected chi connectivity index (χ2v) is 8.04. The smallest absolute Gasteiger partial charge is 0.420 e. The van der Waals surface area contributed by atoms with Gasteiger partial charge in [0.05, 0.1) is 24.3 Å². The van der Waals surface area contributed by atoms with Gasteiger partial charge in [-0.2, -0.15) is 18.4 Å². The van der Waals surface area contributed by atoms with Crippen LogP contribution in [0, 0.1) is 11.3 Å². The first-order chi connectivity index (χ1) is 16.6. The van der Waals surface area contributed by atoms with Crippen molar-refractivity contribution in [2.75, 3.05) is 44.5 Å². The van der Waals surface area contributed by atoms with Crippen molar-refractivity contribution in [3.63, 3.8) is 0 Å². The molecule has 1 N–H and O–H groups in total. The van der Waals surface area contributed by atoms with E-state index in [0.29, 0.717) is 24.3 Å². The van der Waals surface area contributed by atoms with E-state index in [0.717, 1.165) is 24.3 Å². The van der Waals surface area contributed by atoms with Crippen LogP contribution in [0.15, 0.2) is 66.7 Å².